The van der Waals surface area contributed by atoms with Crippen LogP contribution in [0.2, 0.25) is 0 Å². The number of benzene rings is 1. The largest absolute Gasteiger partial charge is 0.481 e. The van der Waals surface area contributed by atoms with Crippen LogP contribution in [0.5, 0.6) is 0 Å². The van der Waals surface area contributed by atoms with Gasteiger partial charge in [0.2, 0.25) is 5.91 Å². The molecule has 1 aliphatic heterocycles. The van der Waals surface area contributed by atoms with Gasteiger partial charge in [0.25, 0.3) is 0 Å². The van der Waals surface area contributed by atoms with Crippen LogP contribution in [0, 0.1) is 11.7 Å². The number of carbonyl (C=O) groups is 2. The van der Waals surface area contributed by atoms with Gasteiger partial charge >= 0.3 is 5.97 Å². The molecule has 0 bridgehead atoms. The molecule has 6 nitrogen and oxygen atoms in total. The highest BCUT2D eigenvalue weighted by Gasteiger charge is 2.37. The first-order valence-electron chi connectivity index (χ1n) is 6.04. The second-order valence-electron chi connectivity index (χ2n) is 4.69. The van der Waals surface area contributed by atoms with Gasteiger partial charge in [0.1, 0.15) is 11.7 Å². The second-order valence-corrected chi connectivity index (χ2v) is 4.69. The molecule has 1 aromatic rings. The minimum Gasteiger partial charge on any atom is -0.481 e. The summed E-state index contributed by atoms with van der Waals surface area (Å²) in [5.41, 5.74) is 5.35. The molecule has 0 spiro atoms. The van der Waals surface area contributed by atoms with Crippen LogP contribution in [-0.4, -0.2) is 43.3 Å². The zero-order chi connectivity index (χ0) is 14.9. The predicted molar refractivity (Wildman–Crippen MR) is 69.1 cm³/mol. The fraction of sp³-hybridized carbons (Fsp3) is 0.385. The first kappa shape index (κ1) is 14.3. The summed E-state index contributed by atoms with van der Waals surface area (Å²) in [6.45, 7) is 0.315. The van der Waals surface area contributed by atoms with Crippen LogP contribution in [-0.2, 0) is 9.53 Å². The average molecular weight is 282 g/mol. The molecule has 1 fully saturated rings. The number of aliphatic carboxylic acids is 1. The third kappa shape index (κ3) is 2.57. The van der Waals surface area contributed by atoms with Gasteiger partial charge in [-0.2, -0.15) is 0 Å². The maximum atomic E-state index is 14.0. The van der Waals surface area contributed by atoms with Crippen molar-refractivity contribution in [1.29, 1.82) is 0 Å². The van der Waals surface area contributed by atoms with Crippen LogP contribution in [0.1, 0.15) is 10.4 Å². The Bertz CT molecular complexity index is 549. The molecular formula is C13H15FN2O4. The van der Waals surface area contributed by atoms with Crippen LogP contribution in [0.4, 0.5) is 10.1 Å². The molecule has 2 atom stereocenters. The third-order valence-corrected chi connectivity index (χ3v) is 3.48. The third-order valence-electron chi connectivity index (χ3n) is 3.48. The molecule has 0 aromatic heterocycles. The van der Waals surface area contributed by atoms with Crippen molar-refractivity contribution in [3.8, 4) is 0 Å². The summed E-state index contributed by atoms with van der Waals surface area (Å²) >= 11 is 0. The van der Waals surface area contributed by atoms with Crippen molar-refractivity contribution in [2.45, 2.75) is 6.04 Å². The SMILES string of the molecule is CN(c1ccc(C(N)=O)cc1F)C1COCC1C(=O)O. The van der Waals surface area contributed by atoms with Crippen LogP contribution in [0.3, 0.4) is 0 Å². The van der Waals surface area contributed by atoms with Crippen LogP contribution in [0.25, 0.3) is 0 Å². The Morgan fingerprint density at radius 2 is 2.15 bits per heavy atom. The topological polar surface area (TPSA) is 92.9 Å². The highest BCUT2D eigenvalue weighted by atomic mass is 19.1. The van der Waals surface area contributed by atoms with Gasteiger partial charge in [0, 0.05) is 12.6 Å². The van der Waals surface area contributed by atoms with Gasteiger partial charge in [-0.25, -0.2) is 4.39 Å². The van der Waals surface area contributed by atoms with Crippen molar-refractivity contribution in [1.82, 2.24) is 0 Å². The number of halogens is 1. The number of amides is 1. The van der Waals surface area contributed by atoms with E-state index in [0.717, 1.165) is 6.07 Å². The fourth-order valence-corrected chi connectivity index (χ4v) is 2.29. The number of rotatable bonds is 4. The maximum absolute atomic E-state index is 14.0. The standard InChI is InChI=1S/C13H15FN2O4/c1-16(11-6-20-5-8(11)13(18)19)10-3-2-7(12(15)17)4-9(10)14/h2-4,8,11H,5-6H2,1H3,(H2,15,17)(H,18,19). The summed E-state index contributed by atoms with van der Waals surface area (Å²) in [4.78, 5) is 23.6. The van der Waals surface area contributed by atoms with Crippen LogP contribution < -0.4 is 10.6 Å². The number of carbonyl (C=O) groups excluding carboxylic acids is 1. The Balaban J connectivity index is 2.27. The number of carboxylic acid groups (broad SMARTS) is 1. The number of hydrogen-bond donors (Lipinski definition) is 2. The molecule has 1 heterocycles. The van der Waals surface area contributed by atoms with Crippen molar-refractivity contribution in [2.75, 3.05) is 25.2 Å². The summed E-state index contributed by atoms with van der Waals surface area (Å²) in [6.07, 6.45) is 0. The van der Waals surface area contributed by atoms with E-state index in [0.29, 0.717) is 0 Å². The molecule has 3 N–H and O–H groups in total. The number of hydrogen-bond acceptors (Lipinski definition) is 4. The zero-order valence-electron chi connectivity index (χ0n) is 10.9. The van der Waals surface area contributed by atoms with E-state index in [1.807, 2.05) is 0 Å². The summed E-state index contributed by atoms with van der Waals surface area (Å²) in [5.74, 6) is -3.03. The van der Waals surface area contributed by atoms with Gasteiger partial charge < -0.3 is 20.5 Å². The molecule has 20 heavy (non-hydrogen) atoms. The number of carboxylic acids is 1. The molecule has 2 unspecified atom stereocenters. The van der Waals surface area contributed by atoms with Gasteiger partial charge in [-0.3, -0.25) is 9.59 Å². The summed E-state index contributed by atoms with van der Waals surface area (Å²) in [6, 6.07) is 3.40. The Hall–Kier alpha value is -2.15. The highest BCUT2D eigenvalue weighted by Crippen LogP contribution is 2.27. The zero-order valence-corrected chi connectivity index (χ0v) is 10.9. The monoisotopic (exact) mass is 282 g/mol. The molecule has 1 saturated heterocycles. The highest BCUT2D eigenvalue weighted by molar-refractivity contribution is 5.93. The number of nitrogens with zero attached hydrogens (tertiary/aromatic N) is 1. The lowest BCUT2D eigenvalue weighted by atomic mass is 10.0. The van der Waals surface area contributed by atoms with Crippen molar-refractivity contribution < 1.29 is 23.8 Å². The molecule has 1 aromatic carbocycles. The fourth-order valence-electron chi connectivity index (χ4n) is 2.29. The molecule has 0 saturated carbocycles. The summed E-state index contributed by atoms with van der Waals surface area (Å²) in [7, 11) is 1.59. The van der Waals surface area contributed by atoms with E-state index in [4.69, 9.17) is 15.6 Å². The lowest BCUT2D eigenvalue weighted by Crippen LogP contribution is -2.41. The van der Waals surface area contributed by atoms with E-state index in [2.05, 4.69) is 0 Å². The number of ether oxygens (including phenoxy) is 1. The predicted octanol–water partition coefficient (Wildman–Crippen LogP) is 0.460. The first-order chi connectivity index (χ1) is 9.41. The number of nitrogens with two attached hydrogens (primary N) is 1. The Morgan fingerprint density at radius 1 is 1.45 bits per heavy atom. The van der Waals surface area contributed by atoms with E-state index < -0.39 is 29.7 Å². The van der Waals surface area contributed by atoms with Crippen molar-refractivity contribution >= 4 is 17.6 Å². The number of primary amides is 1. The van der Waals surface area contributed by atoms with Gasteiger partial charge in [0.15, 0.2) is 0 Å². The lowest BCUT2D eigenvalue weighted by molar-refractivity contribution is -0.141. The van der Waals surface area contributed by atoms with E-state index in [9.17, 15) is 14.0 Å². The minimum absolute atomic E-state index is 0.0668. The molecule has 1 amide bonds. The van der Waals surface area contributed by atoms with Crippen molar-refractivity contribution in [3.05, 3.63) is 29.6 Å². The first-order valence-corrected chi connectivity index (χ1v) is 6.04. The molecule has 7 heteroatoms. The average Bonchev–Trinajstić information content (AvgIpc) is 2.87. The molecule has 0 aliphatic carbocycles. The number of anilines is 1. The molecule has 1 aliphatic rings. The second kappa shape index (κ2) is 5.46. The van der Waals surface area contributed by atoms with Gasteiger partial charge in [-0.15, -0.1) is 0 Å². The minimum atomic E-state index is -0.978. The van der Waals surface area contributed by atoms with E-state index >= 15 is 0 Å². The maximum Gasteiger partial charge on any atom is 0.311 e. The Labute approximate surface area is 114 Å². The van der Waals surface area contributed by atoms with Crippen molar-refractivity contribution in [2.24, 2.45) is 11.7 Å². The van der Waals surface area contributed by atoms with Crippen LogP contribution >= 0.6 is 0 Å². The van der Waals surface area contributed by atoms with E-state index in [1.165, 1.54) is 17.0 Å². The normalized spacial score (nSPS) is 21.7. The van der Waals surface area contributed by atoms with E-state index in [1.54, 1.807) is 7.05 Å². The quantitative estimate of drug-likeness (QED) is 0.837. The van der Waals surface area contributed by atoms with Gasteiger partial charge in [-0.05, 0) is 18.2 Å². The molecule has 108 valence electrons. The number of likely N-dealkylation sites (N-methyl/N-ethyl adjacent to an activating group) is 1. The van der Waals surface area contributed by atoms with Gasteiger partial charge in [-0.1, -0.05) is 0 Å². The van der Waals surface area contributed by atoms with Gasteiger partial charge in [0.05, 0.1) is 24.9 Å². The van der Waals surface area contributed by atoms with Crippen LogP contribution in [0.15, 0.2) is 18.2 Å². The summed E-state index contributed by atoms with van der Waals surface area (Å²) in [5, 5.41) is 9.10. The van der Waals surface area contributed by atoms with E-state index in [-0.39, 0.29) is 24.5 Å². The lowest BCUT2D eigenvalue weighted by Gasteiger charge is -2.28. The molecular weight excluding hydrogens is 267 g/mol. The summed E-state index contributed by atoms with van der Waals surface area (Å²) < 4.78 is 19.2. The smallest absolute Gasteiger partial charge is 0.311 e. The Kier molecular flexibility index (Phi) is 3.89. The molecule has 0 radical (unpaired) electrons. The molecule has 2 rings (SSSR count). The van der Waals surface area contributed by atoms with Crippen molar-refractivity contribution in [3.63, 3.8) is 0 Å². The Morgan fingerprint density at radius 3 is 2.70 bits per heavy atom.